The number of nitrogens with zero attached hydrogens (tertiary/aromatic N) is 2. The van der Waals surface area contributed by atoms with Crippen LogP contribution >= 0.6 is 27.3 Å². The summed E-state index contributed by atoms with van der Waals surface area (Å²) in [6.45, 7) is 7.39. The summed E-state index contributed by atoms with van der Waals surface area (Å²) in [5.41, 5.74) is 3.42. The van der Waals surface area contributed by atoms with E-state index in [0.717, 1.165) is 49.8 Å². The van der Waals surface area contributed by atoms with Gasteiger partial charge in [0.1, 0.15) is 16.3 Å². The fraction of sp³-hybridized carbons (Fsp3) is 0.423. The number of benzene rings is 1. The minimum absolute atomic E-state index is 0.0619. The monoisotopic (exact) mass is 560 g/mol. The Morgan fingerprint density at radius 2 is 2.06 bits per heavy atom. The second-order valence-corrected chi connectivity index (χ2v) is 11.2. The quantitative estimate of drug-likeness (QED) is 0.245. The van der Waals surface area contributed by atoms with Gasteiger partial charge in [-0.25, -0.2) is 9.78 Å². The van der Waals surface area contributed by atoms with E-state index >= 15 is 0 Å². The summed E-state index contributed by atoms with van der Waals surface area (Å²) in [6.07, 6.45) is 4.96. The number of fused-ring (bicyclic) bond motifs is 3. The molecule has 0 radical (unpaired) electrons. The third-order valence-corrected chi connectivity index (χ3v) is 7.58. The average Bonchev–Trinajstić information content (AvgIpc) is 3.26. The van der Waals surface area contributed by atoms with E-state index in [1.54, 1.807) is 32.5 Å². The van der Waals surface area contributed by atoms with Crippen LogP contribution in [-0.4, -0.2) is 42.5 Å². The third-order valence-electron chi connectivity index (χ3n) is 6.07. The SMILES string of the molecule is CCOC(=O)c1cn2c(cc1=O)-c1cc(-c3ncc(Br)s3)c(OCCCOC)cc1CC2C(C)C. The number of hydrogen-bond donors (Lipinski definition) is 0. The number of aromatic nitrogens is 2. The van der Waals surface area contributed by atoms with Crippen molar-refractivity contribution in [1.82, 2.24) is 9.55 Å². The van der Waals surface area contributed by atoms with Gasteiger partial charge in [-0.3, -0.25) is 4.79 Å². The van der Waals surface area contributed by atoms with Gasteiger partial charge in [0.05, 0.1) is 34.5 Å². The van der Waals surface area contributed by atoms with E-state index in [4.69, 9.17) is 14.2 Å². The van der Waals surface area contributed by atoms with Crippen molar-refractivity contribution in [2.45, 2.75) is 39.7 Å². The fourth-order valence-corrected chi connectivity index (χ4v) is 5.59. The lowest BCUT2D eigenvalue weighted by Crippen LogP contribution is -2.28. The van der Waals surface area contributed by atoms with E-state index in [1.807, 2.05) is 0 Å². The first-order valence-corrected chi connectivity index (χ1v) is 13.3. The number of methoxy groups -OCH3 is 1. The average molecular weight is 561 g/mol. The van der Waals surface area contributed by atoms with Crippen molar-refractivity contribution >= 4 is 33.2 Å². The Morgan fingerprint density at radius 3 is 2.71 bits per heavy atom. The molecule has 0 spiro atoms. The lowest BCUT2D eigenvalue weighted by Gasteiger charge is -2.34. The molecule has 7 nitrogen and oxygen atoms in total. The highest BCUT2D eigenvalue weighted by molar-refractivity contribution is 9.11. The molecular weight excluding hydrogens is 532 g/mol. The van der Waals surface area contributed by atoms with Crippen LogP contribution in [0, 0.1) is 5.92 Å². The molecular formula is C26H29BrN2O5S. The predicted molar refractivity (Wildman–Crippen MR) is 140 cm³/mol. The molecule has 3 heterocycles. The van der Waals surface area contributed by atoms with Crippen molar-refractivity contribution in [3.8, 4) is 27.6 Å². The minimum Gasteiger partial charge on any atom is -0.493 e. The van der Waals surface area contributed by atoms with Gasteiger partial charge < -0.3 is 18.8 Å². The summed E-state index contributed by atoms with van der Waals surface area (Å²) in [6, 6.07) is 5.76. The molecule has 0 aliphatic carbocycles. The third kappa shape index (κ3) is 5.37. The maximum atomic E-state index is 13.0. The number of pyridine rings is 1. The fourth-order valence-electron chi connectivity index (χ4n) is 4.36. The van der Waals surface area contributed by atoms with Crippen LogP contribution < -0.4 is 10.2 Å². The van der Waals surface area contributed by atoms with Gasteiger partial charge in [0, 0.05) is 44.0 Å². The van der Waals surface area contributed by atoms with Crippen LogP contribution in [0.3, 0.4) is 0 Å². The van der Waals surface area contributed by atoms with E-state index in [1.165, 1.54) is 11.3 Å². The zero-order chi connectivity index (χ0) is 25.1. The van der Waals surface area contributed by atoms with Crippen LogP contribution in [0.2, 0.25) is 0 Å². The first kappa shape index (κ1) is 25.6. The predicted octanol–water partition coefficient (Wildman–Crippen LogP) is 5.75. The molecule has 0 bridgehead atoms. The van der Waals surface area contributed by atoms with Gasteiger partial charge in [0.25, 0.3) is 0 Å². The second-order valence-electron chi connectivity index (χ2n) is 8.75. The van der Waals surface area contributed by atoms with Gasteiger partial charge in [-0.1, -0.05) is 13.8 Å². The van der Waals surface area contributed by atoms with E-state index in [0.29, 0.717) is 13.2 Å². The van der Waals surface area contributed by atoms with Gasteiger partial charge >= 0.3 is 5.97 Å². The van der Waals surface area contributed by atoms with Crippen molar-refractivity contribution in [2.75, 3.05) is 26.9 Å². The van der Waals surface area contributed by atoms with Crippen molar-refractivity contribution in [1.29, 1.82) is 0 Å². The number of rotatable bonds is 9. The maximum absolute atomic E-state index is 13.0. The van der Waals surface area contributed by atoms with Crippen LogP contribution in [0.5, 0.6) is 5.75 Å². The van der Waals surface area contributed by atoms with Gasteiger partial charge in [-0.2, -0.15) is 0 Å². The number of hydrogen-bond acceptors (Lipinski definition) is 7. The Labute approximate surface area is 217 Å². The summed E-state index contributed by atoms with van der Waals surface area (Å²) >= 11 is 5.03. The molecule has 186 valence electrons. The summed E-state index contributed by atoms with van der Waals surface area (Å²) < 4.78 is 19.5. The lowest BCUT2D eigenvalue weighted by atomic mass is 9.86. The molecule has 0 amide bonds. The number of halogens is 1. The van der Waals surface area contributed by atoms with Crippen molar-refractivity contribution in [3.05, 3.63) is 55.7 Å². The number of thiazole rings is 1. The molecule has 4 rings (SSSR count). The van der Waals surface area contributed by atoms with Crippen molar-refractivity contribution in [3.63, 3.8) is 0 Å². The van der Waals surface area contributed by atoms with Gasteiger partial charge in [0.15, 0.2) is 5.43 Å². The van der Waals surface area contributed by atoms with Crippen LogP contribution in [0.4, 0.5) is 0 Å². The molecule has 1 aliphatic heterocycles. The largest absolute Gasteiger partial charge is 0.493 e. The van der Waals surface area contributed by atoms with Crippen molar-refractivity contribution in [2.24, 2.45) is 5.92 Å². The molecule has 1 aliphatic rings. The molecule has 1 aromatic carbocycles. The molecule has 0 N–H and O–H groups in total. The highest BCUT2D eigenvalue weighted by Gasteiger charge is 2.30. The molecule has 9 heteroatoms. The highest BCUT2D eigenvalue weighted by atomic mass is 79.9. The smallest absolute Gasteiger partial charge is 0.343 e. The molecule has 1 unspecified atom stereocenters. The molecule has 3 aromatic rings. The standard InChI is InChI=1S/C26H29BrN2O5S/c1-5-33-26(31)19-14-29-20(15(2)3)9-16-10-23(34-8-6-7-32-4)18(25-28-13-24(27)35-25)11-17(16)21(29)12-22(19)30/h10-15,20H,5-9H2,1-4H3. The summed E-state index contributed by atoms with van der Waals surface area (Å²) in [5, 5.41) is 0.824. The van der Waals surface area contributed by atoms with E-state index in [9.17, 15) is 9.59 Å². The van der Waals surface area contributed by atoms with E-state index in [2.05, 4.69) is 51.5 Å². The topological polar surface area (TPSA) is 79.7 Å². The minimum atomic E-state index is -0.589. The summed E-state index contributed by atoms with van der Waals surface area (Å²) in [5.74, 6) is 0.456. The molecule has 1 atom stereocenters. The first-order chi connectivity index (χ1) is 16.8. The second kappa shape index (κ2) is 11.1. The van der Waals surface area contributed by atoms with Gasteiger partial charge in [-0.05, 0) is 52.9 Å². The number of carbonyl (C=O) groups excluding carboxylic acids is 1. The van der Waals surface area contributed by atoms with Crippen LogP contribution in [0.25, 0.3) is 21.8 Å². The van der Waals surface area contributed by atoms with Crippen molar-refractivity contribution < 1.29 is 19.0 Å². The molecule has 35 heavy (non-hydrogen) atoms. The van der Waals surface area contributed by atoms with Crippen LogP contribution in [-0.2, 0) is 15.9 Å². The lowest BCUT2D eigenvalue weighted by molar-refractivity contribution is 0.0523. The van der Waals surface area contributed by atoms with Gasteiger partial charge in [-0.15, -0.1) is 11.3 Å². The number of esters is 1. The molecule has 0 fully saturated rings. The Balaban J connectivity index is 1.87. The Kier molecular flexibility index (Phi) is 8.09. The van der Waals surface area contributed by atoms with Crippen LogP contribution in [0.1, 0.15) is 49.2 Å². The zero-order valence-electron chi connectivity index (χ0n) is 20.3. The molecule has 2 aromatic heterocycles. The number of carbonyl (C=O) groups is 1. The highest BCUT2D eigenvalue weighted by Crippen LogP contribution is 2.44. The maximum Gasteiger partial charge on any atom is 0.343 e. The summed E-state index contributed by atoms with van der Waals surface area (Å²) in [7, 11) is 1.68. The first-order valence-electron chi connectivity index (χ1n) is 11.7. The Bertz CT molecular complexity index is 1280. The molecule has 0 saturated heterocycles. The van der Waals surface area contributed by atoms with E-state index < -0.39 is 5.97 Å². The molecule has 0 saturated carbocycles. The van der Waals surface area contributed by atoms with Gasteiger partial charge in [0.2, 0.25) is 0 Å². The Hall–Kier alpha value is -2.49. The zero-order valence-corrected chi connectivity index (χ0v) is 22.7. The van der Waals surface area contributed by atoms with E-state index in [-0.39, 0.29) is 29.6 Å². The normalized spacial score (nSPS) is 14.5. The number of ether oxygens (including phenoxy) is 3. The summed E-state index contributed by atoms with van der Waals surface area (Å²) in [4.78, 5) is 29.9. The Morgan fingerprint density at radius 1 is 1.26 bits per heavy atom. The van der Waals surface area contributed by atoms with Crippen LogP contribution in [0.15, 0.2) is 39.2 Å².